The van der Waals surface area contributed by atoms with Gasteiger partial charge in [-0.2, -0.15) is 0 Å². The summed E-state index contributed by atoms with van der Waals surface area (Å²) in [6.45, 7) is 0. The lowest BCUT2D eigenvalue weighted by Crippen LogP contribution is -2.30. The van der Waals surface area contributed by atoms with Crippen LogP contribution >= 0.6 is 0 Å². The van der Waals surface area contributed by atoms with E-state index < -0.39 is 16.7 Å². The lowest BCUT2D eigenvalue weighted by Gasteiger charge is -2.25. The van der Waals surface area contributed by atoms with Gasteiger partial charge in [0.15, 0.2) is 0 Å². The number of rotatable bonds is 4. The van der Waals surface area contributed by atoms with E-state index >= 15 is 0 Å². The largest absolute Gasteiger partial charge is 0.382 e. The average molecular weight is 436 g/mol. The van der Waals surface area contributed by atoms with E-state index in [1.165, 1.54) is 0 Å². The Morgan fingerprint density at radius 3 is 2.65 bits per heavy atom. The highest BCUT2D eigenvalue weighted by Crippen LogP contribution is 2.39. The van der Waals surface area contributed by atoms with Crippen LogP contribution in [0.15, 0.2) is 42.5 Å². The number of hydrogen-bond acceptors (Lipinski definition) is 4. The monoisotopic (exact) mass is 435 g/mol. The number of para-hydroxylation sites is 1. The number of nitrogens with two attached hydrogens (primary N) is 1. The summed E-state index contributed by atoms with van der Waals surface area (Å²) >= 11 is 0. The van der Waals surface area contributed by atoms with E-state index in [2.05, 4.69) is 11.4 Å². The summed E-state index contributed by atoms with van der Waals surface area (Å²) in [6, 6.07) is 13.8. The third kappa shape index (κ3) is 3.57. The standard InChI is InChI=1S/C24H25N3O3S/c25-24(29)17-9-8-15(14-19(17)26-16-10-12-31(30)13-11-16)23-18-4-1-2-5-20(18)27-21(23)6-3-7-22(27)28/h1-2,4-5,8-9,14,16,26H,3,6-7,10-13H2,(H2,25,29). The lowest BCUT2D eigenvalue weighted by atomic mass is 9.96. The summed E-state index contributed by atoms with van der Waals surface area (Å²) in [5.74, 6) is 0.991. The number of amides is 1. The van der Waals surface area contributed by atoms with Crippen LogP contribution in [0.5, 0.6) is 0 Å². The molecule has 1 amide bonds. The van der Waals surface area contributed by atoms with Gasteiger partial charge >= 0.3 is 0 Å². The molecule has 0 atom stereocenters. The third-order valence-electron chi connectivity index (χ3n) is 6.35. The van der Waals surface area contributed by atoms with Crippen LogP contribution in [0.4, 0.5) is 5.69 Å². The minimum Gasteiger partial charge on any atom is -0.382 e. The molecule has 1 aromatic heterocycles. The van der Waals surface area contributed by atoms with E-state index in [1.54, 1.807) is 6.07 Å². The maximum Gasteiger partial charge on any atom is 0.250 e. The van der Waals surface area contributed by atoms with Crippen LogP contribution in [0.1, 0.15) is 46.5 Å². The van der Waals surface area contributed by atoms with Gasteiger partial charge in [0.2, 0.25) is 5.91 Å². The number of fused-ring (bicyclic) bond motifs is 3. The Hall–Kier alpha value is -2.93. The molecule has 0 spiro atoms. The molecular weight excluding hydrogens is 410 g/mol. The molecule has 0 saturated carbocycles. The maximum atomic E-state index is 12.7. The van der Waals surface area contributed by atoms with Crippen LogP contribution in [0.3, 0.4) is 0 Å². The van der Waals surface area contributed by atoms with E-state index in [4.69, 9.17) is 5.73 Å². The SMILES string of the molecule is NC(=O)c1ccc(-c2c3n(c4ccccc24)C(=O)CCC3)cc1NC1CCS(=O)CC1. The van der Waals surface area contributed by atoms with Crippen molar-refractivity contribution in [2.45, 2.75) is 38.1 Å². The molecule has 7 heteroatoms. The average Bonchev–Trinajstić information content (AvgIpc) is 3.11. The van der Waals surface area contributed by atoms with E-state index in [9.17, 15) is 13.8 Å². The zero-order valence-electron chi connectivity index (χ0n) is 17.2. The number of primary amides is 1. The molecule has 160 valence electrons. The fraction of sp³-hybridized carbons (Fsp3) is 0.333. The molecule has 1 saturated heterocycles. The molecule has 0 aliphatic carbocycles. The number of hydrogen-bond donors (Lipinski definition) is 2. The molecular formula is C24H25N3O3S. The van der Waals surface area contributed by atoms with Crippen molar-refractivity contribution < 1.29 is 13.8 Å². The first-order valence-electron chi connectivity index (χ1n) is 10.7. The molecule has 0 bridgehead atoms. The molecule has 3 heterocycles. The van der Waals surface area contributed by atoms with Gasteiger partial charge < -0.3 is 11.1 Å². The fourth-order valence-electron chi connectivity index (χ4n) is 4.85. The Kier molecular flexibility index (Phi) is 5.14. The first kappa shape index (κ1) is 20.0. The van der Waals surface area contributed by atoms with Crippen LogP contribution in [-0.4, -0.2) is 38.1 Å². The Morgan fingerprint density at radius 2 is 1.87 bits per heavy atom. The number of benzene rings is 2. The second-order valence-electron chi connectivity index (χ2n) is 8.31. The fourth-order valence-corrected chi connectivity index (χ4v) is 6.15. The summed E-state index contributed by atoms with van der Waals surface area (Å²) < 4.78 is 13.6. The molecule has 0 radical (unpaired) electrons. The summed E-state index contributed by atoms with van der Waals surface area (Å²) in [5, 5.41) is 4.52. The second kappa shape index (κ2) is 7.96. The van der Waals surface area contributed by atoms with Gasteiger partial charge in [-0.05, 0) is 49.4 Å². The molecule has 31 heavy (non-hydrogen) atoms. The van der Waals surface area contributed by atoms with Crippen molar-refractivity contribution in [3.8, 4) is 11.1 Å². The summed E-state index contributed by atoms with van der Waals surface area (Å²) in [6.07, 6.45) is 3.83. The van der Waals surface area contributed by atoms with Gasteiger partial charge in [-0.3, -0.25) is 18.4 Å². The number of nitrogens with zero attached hydrogens (tertiary/aromatic N) is 1. The molecule has 6 nitrogen and oxygen atoms in total. The Bertz CT molecular complexity index is 1220. The first-order chi connectivity index (χ1) is 15.0. The molecule has 2 aliphatic heterocycles. The van der Waals surface area contributed by atoms with Gasteiger partial charge in [0.25, 0.3) is 5.91 Å². The van der Waals surface area contributed by atoms with Crippen LogP contribution < -0.4 is 11.1 Å². The topological polar surface area (TPSA) is 94.2 Å². The van der Waals surface area contributed by atoms with E-state index in [0.29, 0.717) is 29.2 Å². The van der Waals surface area contributed by atoms with Crippen molar-refractivity contribution in [3.63, 3.8) is 0 Å². The van der Waals surface area contributed by atoms with Crippen molar-refractivity contribution in [2.75, 3.05) is 16.8 Å². The number of anilines is 1. The van der Waals surface area contributed by atoms with E-state index in [0.717, 1.165) is 53.4 Å². The van der Waals surface area contributed by atoms with Gasteiger partial charge in [0.05, 0.1) is 11.1 Å². The highest BCUT2D eigenvalue weighted by Gasteiger charge is 2.26. The zero-order valence-corrected chi connectivity index (χ0v) is 18.0. The van der Waals surface area contributed by atoms with Gasteiger partial charge in [-0.25, -0.2) is 0 Å². The molecule has 3 aromatic rings. The Labute approximate surface area is 183 Å². The van der Waals surface area contributed by atoms with Crippen molar-refractivity contribution in [2.24, 2.45) is 5.73 Å². The smallest absolute Gasteiger partial charge is 0.250 e. The molecule has 1 fully saturated rings. The molecule has 2 aliphatic rings. The van der Waals surface area contributed by atoms with Crippen molar-refractivity contribution in [1.29, 1.82) is 0 Å². The van der Waals surface area contributed by atoms with Crippen molar-refractivity contribution in [3.05, 3.63) is 53.7 Å². The number of nitrogens with one attached hydrogen (secondary N) is 1. The Balaban J connectivity index is 1.63. The van der Waals surface area contributed by atoms with Crippen LogP contribution in [0.2, 0.25) is 0 Å². The third-order valence-corrected chi connectivity index (χ3v) is 7.73. The molecule has 2 aromatic carbocycles. The van der Waals surface area contributed by atoms with Gasteiger partial charge in [0.1, 0.15) is 0 Å². The molecule has 5 rings (SSSR count). The second-order valence-corrected chi connectivity index (χ2v) is 10.0. The minimum absolute atomic E-state index is 0.131. The van der Waals surface area contributed by atoms with E-state index in [1.807, 2.05) is 34.9 Å². The van der Waals surface area contributed by atoms with Gasteiger partial charge in [-0.1, -0.05) is 24.3 Å². The maximum absolute atomic E-state index is 12.7. The van der Waals surface area contributed by atoms with Crippen LogP contribution in [0.25, 0.3) is 22.0 Å². The number of carbonyl (C=O) groups is 2. The zero-order chi connectivity index (χ0) is 21.5. The number of carbonyl (C=O) groups excluding carboxylic acids is 2. The predicted octanol–water partition coefficient (Wildman–Crippen LogP) is 3.71. The van der Waals surface area contributed by atoms with Crippen LogP contribution in [0, 0.1) is 0 Å². The normalized spacial score (nSPS) is 21.1. The first-order valence-corrected chi connectivity index (χ1v) is 12.2. The number of aromatic nitrogens is 1. The highest BCUT2D eigenvalue weighted by atomic mass is 32.2. The van der Waals surface area contributed by atoms with Crippen molar-refractivity contribution >= 4 is 39.2 Å². The summed E-state index contributed by atoms with van der Waals surface area (Å²) in [4.78, 5) is 24.8. The van der Waals surface area contributed by atoms with E-state index in [-0.39, 0.29) is 11.9 Å². The molecule has 0 unspecified atom stereocenters. The minimum atomic E-state index is -0.749. The lowest BCUT2D eigenvalue weighted by molar-refractivity contribution is 0.0889. The Morgan fingerprint density at radius 1 is 1.10 bits per heavy atom. The van der Waals surface area contributed by atoms with Crippen LogP contribution in [-0.2, 0) is 17.2 Å². The quantitative estimate of drug-likeness (QED) is 0.653. The van der Waals surface area contributed by atoms with Crippen molar-refractivity contribution in [1.82, 2.24) is 4.57 Å². The predicted molar refractivity (Wildman–Crippen MR) is 124 cm³/mol. The summed E-state index contributed by atoms with van der Waals surface area (Å²) in [5.41, 5.74) is 10.8. The molecule has 3 N–H and O–H groups in total. The van der Waals surface area contributed by atoms with Gasteiger partial charge in [0, 0.05) is 57.1 Å². The summed E-state index contributed by atoms with van der Waals surface area (Å²) in [7, 11) is -0.749. The highest BCUT2D eigenvalue weighted by molar-refractivity contribution is 7.85. The van der Waals surface area contributed by atoms with Gasteiger partial charge in [-0.15, -0.1) is 0 Å².